The average molecular weight is 231 g/mol. The van der Waals surface area contributed by atoms with Crippen molar-refractivity contribution in [2.45, 2.75) is 6.92 Å². The molecule has 0 aliphatic heterocycles. The average Bonchev–Trinajstić information content (AvgIpc) is 2.15. The number of benzene rings is 1. The fourth-order valence-electron chi connectivity index (χ4n) is 1.05. The van der Waals surface area contributed by atoms with Gasteiger partial charge in [-0.2, -0.15) is 0 Å². The van der Waals surface area contributed by atoms with E-state index in [2.05, 4.69) is 4.99 Å². The molecule has 0 fully saturated rings. The minimum absolute atomic E-state index is 0. The van der Waals surface area contributed by atoms with Gasteiger partial charge in [0.15, 0.2) is 0 Å². The minimum Gasteiger partial charge on any atom is -0.548 e. The maximum Gasteiger partial charge on any atom is 1.00 e. The molecule has 0 aliphatic carbocycles. The first kappa shape index (κ1) is 14.8. The number of hydrogen-bond donors (Lipinski definition) is 1. The number of nitrogens with zero attached hydrogens (tertiary/aromatic N) is 1. The van der Waals surface area contributed by atoms with Gasteiger partial charge < -0.3 is 15.0 Å². The Balaban J connectivity index is 0.00000196. The summed E-state index contributed by atoms with van der Waals surface area (Å²) in [6.07, 6.45) is 0. The number of aliphatic carboxylic acids is 1. The fraction of sp³-hybridized carbons (Fsp3) is 0.200. The molecule has 0 aromatic heterocycles. The Kier molecular flexibility index (Phi) is 7.04. The van der Waals surface area contributed by atoms with Crippen LogP contribution in [0.5, 0.6) is 5.75 Å². The van der Waals surface area contributed by atoms with Gasteiger partial charge in [-0.15, -0.1) is 0 Å². The summed E-state index contributed by atoms with van der Waals surface area (Å²) in [5.74, 6) is -1.15. The van der Waals surface area contributed by atoms with Crippen LogP contribution < -0.4 is 56.5 Å². The van der Waals surface area contributed by atoms with Gasteiger partial charge in [0.05, 0.1) is 12.5 Å². The first-order valence-corrected chi connectivity index (χ1v) is 4.10. The van der Waals surface area contributed by atoms with Crippen LogP contribution in [0.4, 0.5) is 0 Å². The number of para-hydroxylation sites is 1. The topological polar surface area (TPSA) is 72.7 Å². The molecule has 1 rings (SSSR count). The molecule has 0 radical (unpaired) electrons. The van der Waals surface area contributed by atoms with Crippen molar-refractivity contribution in [3.63, 3.8) is 0 Å². The summed E-state index contributed by atoms with van der Waals surface area (Å²) in [6, 6.07) is 6.62. The third-order valence-corrected chi connectivity index (χ3v) is 1.74. The van der Waals surface area contributed by atoms with Crippen LogP contribution in [0.1, 0.15) is 12.5 Å². The van der Waals surface area contributed by atoms with Gasteiger partial charge in [-0.1, -0.05) is 12.1 Å². The molecule has 0 bridgehead atoms. The number of aromatic hydroxyl groups is 1. The third-order valence-electron chi connectivity index (χ3n) is 1.74. The van der Waals surface area contributed by atoms with Crippen LogP contribution in [0, 0.1) is 0 Å². The predicted molar refractivity (Wildman–Crippen MR) is 50.2 cm³/mol. The maximum absolute atomic E-state index is 10.1. The molecule has 74 valence electrons. The molecule has 0 saturated carbocycles. The van der Waals surface area contributed by atoms with Crippen molar-refractivity contribution < 1.29 is 66.4 Å². The van der Waals surface area contributed by atoms with Crippen molar-refractivity contribution in [2.24, 2.45) is 4.99 Å². The van der Waals surface area contributed by atoms with E-state index in [4.69, 9.17) is 0 Å². The van der Waals surface area contributed by atoms with E-state index in [1.165, 1.54) is 6.07 Å². The Morgan fingerprint density at radius 1 is 1.47 bits per heavy atom. The number of aliphatic imine (C=N–C) groups is 1. The van der Waals surface area contributed by atoms with Gasteiger partial charge >= 0.3 is 51.4 Å². The zero-order valence-electron chi connectivity index (χ0n) is 8.73. The van der Waals surface area contributed by atoms with Crippen molar-refractivity contribution in [3.8, 4) is 5.75 Å². The normalized spacial score (nSPS) is 10.6. The fourth-order valence-corrected chi connectivity index (χ4v) is 1.05. The van der Waals surface area contributed by atoms with Crippen molar-refractivity contribution >= 4 is 11.7 Å². The predicted octanol–water partition coefficient (Wildman–Crippen LogP) is -3.04. The summed E-state index contributed by atoms with van der Waals surface area (Å²) in [7, 11) is 0. The molecule has 1 N–H and O–H groups in total. The minimum atomic E-state index is -1.24. The molecule has 1 aromatic carbocycles. The first-order chi connectivity index (χ1) is 6.61. The largest absolute Gasteiger partial charge is 1.00 e. The molecule has 0 atom stereocenters. The molecular formula is C10H10KNO3. The number of carbonyl (C=O) groups excluding carboxylic acids is 1. The summed E-state index contributed by atoms with van der Waals surface area (Å²) in [5.41, 5.74) is 1.01. The van der Waals surface area contributed by atoms with Crippen LogP contribution in [0.15, 0.2) is 29.3 Å². The molecule has 5 heteroatoms. The third kappa shape index (κ3) is 4.90. The molecule has 15 heavy (non-hydrogen) atoms. The first-order valence-electron chi connectivity index (χ1n) is 4.10. The Hall–Kier alpha value is -0.204. The van der Waals surface area contributed by atoms with Gasteiger partial charge in [-0.05, 0) is 19.1 Å². The van der Waals surface area contributed by atoms with Crippen LogP contribution in [0.25, 0.3) is 0 Å². The Morgan fingerprint density at radius 2 is 2.07 bits per heavy atom. The van der Waals surface area contributed by atoms with Gasteiger partial charge in [0.2, 0.25) is 0 Å². The molecule has 0 saturated heterocycles. The summed E-state index contributed by atoms with van der Waals surface area (Å²) in [5, 5.41) is 19.5. The van der Waals surface area contributed by atoms with Crippen LogP contribution >= 0.6 is 0 Å². The van der Waals surface area contributed by atoms with E-state index >= 15 is 0 Å². The number of hydrogen-bond acceptors (Lipinski definition) is 4. The number of carboxylic acid groups (broad SMARTS) is 1. The van der Waals surface area contributed by atoms with E-state index in [1.807, 2.05) is 0 Å². The summed E-state index contributed by atoms with van der Waals surface area (Å²) < 4.78 is 0. The SMILES string of the molecule is CC(=NCC(=O)[O-])c1ccccc1O.[K+]. The van der Waals surface area contributed by atoms with E-state index in [-0.39, 0.29) is 63.7 Å². The summed E-state index contributed by atoms with van der Waals surface area (Å²) in [6.45, 7) is 1.25. The van der Waals surface area contributed by atoms with Gasteiger partial charge in [-0.3, -0.25) is 4.99 Å². The molecule has 0 unspecified atom stereocenters. The molecule has 0 aliphatic rings. The van der Waals surface area contributed by atoms with Crippen LogP contribution in [0.3, 0.4) is 0 Å². The number of phenolic OH excluding ortho intramolecular Hbond substituents is 1. The van der Waals surface area contributed by atoms with E-state index in [9.17, 15) is 15.0 Å². The number of phenols is 1. The van der Waals surface area contributed by atoms with Gasteiger partial charge in [0.1, 0.15) is 5.75 Å². The van der Waals surface area contributed by atoms with Crippen LogP contribution in [-0.4, -0.2) is 23.3 Å². The maximum atomic E-state index is 10.1. The van der Waals surface area contributed by atoms with E-state index < -0.39 is 5.97 Å². The summed E-state index contributed by atoms with van der Waals surface area (Å²) >= 11 is 0. The zero-order chi connectivity index (χ0) is 10.6. The number of carboxylic acids is 1. The molecule has 4 nitrogen and oxygen atoms in total. The van der Waals surface area contributed by atoms with E-state index in [0.29, 0.717) is 11.3 Å². The Morgan fingerprint density at radius 3 is 2.60 bits per heavy atom. The Bertz CT molecular complexity index is 377. The second-order valence-electron chi connectivity index (χ2n) is 2.79. The van der Waals surface area contributed by atoms with Crippen molar-refractivity contribution in [1.29, 1.82) is 0 Å². The van der Waals surface area contributed by atoms with E-state index in [1.54, 1.807) is 25.1 Å². The van der Waals surface area contributed by atoms with Gasteiger partial charge in [0, 0.05) is 11.3 Å². The van der Waals surface area contributed by atoms with Crippen LogP contribution in [-0.2, 0) is 4.79 Å². The van der Waals surface area contributed by atoms with E-state index in [0.717, 1.165) is 0 Å². The molecule has 0 spiro atoms. The Labute approximate surface area is 130 Å². The number of carbonyl (C=O) groups is 1. The van der Waals surface area contributed by atoms with Crippen molar-refractivity contribution in [1.82, 2.24) is 0 Å². The summed E-state index contributed by atoms with van der Waals surface area (Å²) in [4.78, 5) is 13.9. The number of rotatable bonds is 3. The molecule has 0 heterocycles. The quantitative estimate of drug-likeness (QED) is 0.444. The molecule has 0 amide bonds. The second kappa shape index (κ2) is 7.13. The van der Waals surface area contributed by atoms with Gasteiger partial charge in [0.25, 0.3) is 0 Å². The van der Waals surface area contributed by atoms with Crippen molar-refractivity contribution in [2.75, 3.05) is 6.54 Å². The van der Waals surface area contributed by atoms with Crippen LogP contribution in [0.2, 0.25) is 0 Å². The molecule has 1 aromatic rings. The second-order valence-corrected chi connectivity index (χ2v) is 2.79. The zero-order valence-corrected chi connectivity index (χ0v) is 11.9. The van der Waals surface area contributed by atoms with Gasteiger partial charge in [-0.25, -0.2) is 0 Å². The smallest absolute Gasteiger partial charge is 0.548 e. The molecular weight excluding hydrogens is 221 g/mol. The van der Waals surface area contributed by atoms with Crippen molar-refractivity contribution in [3.05, 3.63) is 29.8 Å². The monoisotopic (exact) mass is 231 g/mol. The standard InChI is InChI=1S/C10H11NO3.K/c1-7(11-6-10(13)14)8-4-2-3-5-9(8)12;/h2-5,12H,6H2,1H3,(H,13,14);/q;+1/p-1.